The van der Waals surface area contributed by atoms with Gasteiger partial charge in [-0.2, -0.15) is 5.10 Å². The van der Waals surface area contributed by atoms with E-state index in [0.29, 0.717) is 13.1 Å². The summed E-state index contributed by atoms with van der Waals surface area (Å²) in [6.07, 6.45) is 4.44. The Morgan fingerprint density at radius 3 is 2.96 bits per heavy atom. The fraction of sp³-hybridized carbons (Fsp3) is 0.611. The molecule has 1 atom stereocenters. The molecule has 0 radical (unpaired) electrons. The Labute approximate surface area is 158 Å². The maximum atomic E-state index is 11.6. The van der Waals surface area contributed by atoms with Crippen LogP contribution in [0.2, 0.25) is 0 Å². The molecule has 144 valence electrons. The minimum Gasteiger partial charge on any atom is -0.444 e. The number of piperidine rings is 1. The molecule has 1 aromatic rings. The number of amides is 1. The topological polar surface area (TPSA) is 85.2 Å². The molecule has 0 aliphatic carbocycles. The first kappa shape index (κ1) is 20.5. The van der Waals surface area contributed by atoms with Gasteiger partial charge < -0.3 is 15.4 Å². The van der Waals surface area contributed by atoms with E-state index in [1.165, 1.54) is 17.3 Å². The van der Waals surface area contributed by atoms with E-state index >= 15 is 0 Å². The highest BCUT2D eigenvalue weighted by Gasteiger charge is 2.21. The zero-order valence-electron chi connectivity index (χ0n) is 15.9. The second-order valence-electron chi connectivity index (χ2n) is 7.22. The van der Waals surface area contributed by atoms with Crippen LogP contribution < -0.4 is 10.6 Å². The number of aromatic nitrogens is 2. The Morgan fingerprint density at radius 2 is 2.27 bits per heavy atom. The highest BCUT2D eigenvalue weighted by molar-refractivity contribution is 8.14. The highest BCUT2D eigenvalue weighted by Crippen LogP contribution is 2.26. The number of thioether (sulfide) groups is 1. The molecule has 2 rings (SSSR count). The van der Waals surface area contributed by atoms with Crippen molar-refractivity contribution in [3.63, 3.8) is 0 Å². The van der Waals surface area contributed by atoms with Gasteiger partial charge in [-0.25, -0.2) is 4.79 Å². The summed E-state index contributed by atoms with van der Waals surface area (Å²) in [6, 6.07) is 1.94. The molecule has 0 spiro atoms. The molecule has 0 saturated carbocycles. The monoisotopic (exact) mass is 380 g/mol. The van der Waals surface area contributed by atoms with E-state index in [4.69, 9.17) is 4.74 Å². The second kappa shape index (κ2) is 9.23. The van der Waals surface area contributed by atoms with Crippen LogP contribution in [0.3, 0.4) is 0 Å². The van der Waals surface area contributed by atoms with Crippen LogP contribution in [-0.4, -0.2) is 51.5 Å². The molecule has 1 aromatic heterocycles. The van der Waals surface area contributed by atoms with Gasteiger partial charge in [-0.3, -0.25) is 9.48 Å². The van der Waals surface area contributed by atoms with Crippen LogP contribution >= 0.6 is 11.8 Å². The quantitative estimate of drug-likeness (QED) is 0.816. The van der Waals surface area contributed by atoms with E-state index in [1.807, 2.05) is 39.1 Å². The summed E-state index contributed by atoms with van der Waals surface area (Å²) < 4.78 is 6.98. The third-order valence-electron chi connectivity index (χ3n) is 3.64. The van der Waals surface area contributed by atoms with E-state index in [-0.39, 0.29) is 10.4 Å². The Kier molecular flexibility index (Phi) is 7.28. The molecule has 1 aliphatic heterocycles. The van der Waals surface area contributed by atoms with Gasteiger partial charge in [-0.1, -0.05) is 11.8 Å². The maximum Gasteiger partial charge on any atom is 0.407 e. The number of alkyl carbamates (subject to hydrolysis) is 1. The average molecular weight is 381 g/mol. The molecule has 0 bridgehead atoms. The zero-order valence-corrected chi connectivity index (χ0v) is 16.7. The van der Waals surface area contributed by atoms with Crippen LogP contribution in [0.25, 0.3) is 6.08 Å². The van der Waals surface area contributed by atoms with Crippen molar-refractivity contribution in [2.45, 2.75) is 51.5 Å². The lowest BCUT2D eigenvalue weighted by Gasteiger charge is -2.24. The van der Waals surface area contributed by atoms with Crippen LogP contribution in [0.5, 0.6) is 0 Å². The van der Waals surface area contributed by atoms with Gasteiger partial charge in [0.05, 0.1) is 12.2 Å². The summed E-state index contributed by atoms with van der Waals surface area (Å²) in [4.78, 5) is 23.1. The number of nitrogens with one attached hydrogen (secondary N) is 2. The van der Waals surface area contributed by atoms with Crippen molar-refractivity contribution >= 4 is 29.0 Å². The van der Waals surface area contributed by atoms with Crippen LogP contribution in [-0.2, 0) is 16.1 Å². The predicted octanol–water partition coefficient (Wildman–Crippen LogP) is 2.43. The van der Waals surface area contributed by atoms with E-state index < -0.39 is 11.7 Å². The van der Waals surface area contributed by atoms with Gasteiger partial charge in [0.25, 0.3) is 0 Å². The summed E-state index contributed by atoms with van der Waals surface area (Å²) in [5.41, 5.74) is 1.54. The maximum absolute atomic E-state index is 11.6. The molecular formula is C18H28N4O3S. The number of ether oxygens (including phenoxy) is 1. The van der Waals surface area contributed by atoms with E-state index in [0.717, 1.165) is 25.2 Å². The molecule has 0 aromatic carbocycles. The van der Waals surface area contributed by atoms with Crippen molar-refractivity contribution in [1.82, 2.24) is 20.4 Å². The largest absolute Gasteiger partial charge is 0.444 e. The molecule has 8 heteroatoms. The normalized spacial score (nSPS) is 19.4. The Balaban J connectivity index is 1.88. The van der Waals surface area contributed by atoms with Gasteiger partial charge in [0.15, 0.2) is 5.12 Å². The van der Waals surface area contributed by atoms with E-state index in [2.05, 4.69) is 15.7 Å². The molecule has 1 aliphatic rings. The van der Waals surface area contributed by atoms with Crippen molar-refractivity contribution in [2.75, 3.05) is 19.6 Å². The molecule has 2 heterocycles. The summed E-state index contributed by atoms with van der Waals surface area (Å²) in [7, 11) is 0. The lowest BCUT2D eigenvalue weighted by atomic mass is 10.0. The first-order chi connectivity index (χ1) is 12.2. The van der Waals surface area contributed by atoms with Crippen molar-refractivity contribution < 1.29 is 14.3 Å². The molecular weight excluding hydrogens is 352 g/mol. The van der Waals surface area contributed by atoms with Gasteiger partial charge in [0, 0.05) is 31.5 Å². The first-order valence-corrected chi connectivity index (χ1v) is 9.69. The minimum absolute atomic E-state index is 0.140. The summed E-state index contributed by atoms with van der Waals surface area (Å²) in [6.45, 7) is 9.80. The number of hydrogen-bond donors (Lipinski definition) is 2. The van der Waals surface area contributed by atoms with Gasteiger partial charge in [0.2, 0.25) is 0 Å². The minimum atomic E-state index is -0.502. The fourth-order valence-electron chi connectivity index (χ4n) is 2.60. The Bertz CT molecular complexity index is 664. The third-order valence-corrected chi connectivity index (χ3v) is 4.79. The van der Waals surface area contributed by atoms with Crippen LogP contribution in [0.1, 0.15) is 39.8 Å². The summed E-state index contributed by atoms with van der Waals surface area (Å²) >= 11 is 1.39. The zero-order chi connectivity index (χ0) is 19.2. The number of hydrogen-bond acceptors (Lipinski definition) is 6. The van der Waals surface area contributed by atoms with Crippen molar-refractivity contribution in [1.29, 1.82) is 0 Å². The molecule has 1 amide bonds. The SMILES string of the molecule is CC(=O)SC1CCNC/C1=C\c1ccn(CCNC(=O)OC(C)(C)C)n1. The van der Waals surface area contributed by atoms with Gasteiger partial charge in [0.1, 0.15) is 5.60 Å². The summed E-state index contributed by atoms with van der Waals surface area (Å²) in [5.74, 6) is 0. The van der Waals surface area contributed by atoms with Gasteiger partial charge in [-0.05, 0) is 51.5 Å². The Hall–Kier alpha value is -1.80. The number of nitrogens with zero attached hydrogens (tertiary/aromatic N) is 2. The number of rotatable bonds is 5. The van der Waals surface area contributed by atoms with E-state index in [9.17, 15) is 9.59 Å². The second-order valence-corrected chi connectivity index (χ2v) is 8.59. The van der Waals surface area contributed by atoms with Crippen molar-refractivity contribution in [3.8, 4) is 0 Å². The number of carbonyl (C=O) groups excluding carboxylic acids is 2. The molecule has 26 heavy (non-hydrogen) atoms. The van der Waals surface area contributed by atoms with Crippen molar-refractivity contribution in [3.05, 3.63) is 23.5 Å². The fourth-order valence-corrected chi connectivity index (χ4v) is 3.54. The van der Waals surface area contributed by atoms with Crippen molar-refractivity contribution in [2.24, 2.45) is 0 Å². The highest BCUT2D eigenvalue weighted by atomic mass is 32.2. The van der Waals surface area contributed by atoms with Crippen LogP contribution in [0, 0.1) is 0 Å². The van der Waals surface area contributed by atoms with E-state index in [1.54, 1.807) is 11.6 Å². The lowest BCUT2D eigenvalue weighted by molar-refractivity contribution is -0.109. The summed E-state index contributed by atoms with van der Waals surface area (Å²) in [5, 5.41) is 10.9. The lowest BCUT2D eigenvalue weighted by Crippen LogP contribution is -2.34. The Morgan fingerprint density at radius 1 is 1.50 bits per heavy atom. The predicted molar refractivity (Wildman–Crippen MR) is 104 cm³/mol. The number of carbonyl (C=O) groups is 2. The molecule has 1 saturated heterocycles. The first-order valence-electron chi connectivity index (χ1n) is 8.81. The third kappa shape index (κ3) is 7.21. The smallest absolute Gasteiger partial charge is 0.407 e. The molecule has 2 N–H and O–H groups in total. The standard InChI is InChI=1S/C18H28N4O3S/c1-13(23)26-16-5-7-19-12-14(16)11-15-6-9-22(21-15)10-8-20-17(24)25-18(2,3)4/h6,9,11,16,19H,5,7-8,10,12H2,1-4H3,(H,20,24)/b14-11+. The van der Waals surface area contributed by atoms with Gasteiger partial charge >= 0.3 is 6.09 Å². The molecule has 7 nitrogen and oxygen atoms in total. The average Bonchev–Trinajstić information content (AvgIpc) is 2.94. The van der Waals surface area contributed by atoms with Gasteiger partial charge in [-0.15, -0.1) is 0 Å². The van der Waals surface area contributed by atoms with Crippen LogP contribution in [0.15, 0.2) is 17.8 Å². The molecule has 1 unspecified atom stereocenters. The van der Waals surface area contributed by atoms with Crippen LogP contribution in [0.4, 0.5) is 4.79 Å². The molecule has 1 fully saturated rings.